The molecule has 3 heteroatoms. The molecule has 0 heterocycles. The predicted octanol–water partition coefficient (Wildman–Crippen LogP) is 1.78. The normalized spacial score (nSPS) is 9.62. The number of hydrogen-bond acceptors (Lipinski definition) is 3. The van der Waals surface area contributed by atoms with E-state index in [0.29, 0.717) is 11.1 Å². The highest BCUT2D eigenvalue weighted by Gasteiger charge is 2.11. The molecule has 0 aliphatic carbocycles. The van der Waals surface area contributed by atoms with Crippen LogP contribution in [0.4, 0.5) is 0 Å². The minimum atomic E-state index is -0.176. The summed E-state index contributed by atoms with van der Waals surface area (Å²) < 4.78 is 0. The maximum Gasteiger partial charge on any atom is 0.162 e. The van der Waals surface area contributed by atoms with Gasteiger partial charge >= 0.3 is 0 Å². The molecule has 0 radical (unpaired) electrons. The zero-order valence-electron chi connectivity index (χ0n) is 7.63. The highest BCUT2D eigenvalue weighted by atomic mass is 16.3. The minimum absolute atomic E-state index is 0.112. The molecule has 0 bridgehead atoms. The van der Waals surface area contributed by atoms with Crippen molar-refractivity contribution in [2.24, 2.45) is 0 Å². The number of nitriles is 1. The maximum atomic E-state index is 9.44. The molecule has 3 nitrogen and oxygen atoms in total. The topological polar surface area (TPSA) is 64.2 Å². The van der Waals surface area contributed by atoms with Gasteiger partial charge in [-0.05, 0) is 25.0 Å². The summed E-state index contributed by atoms with van der Waals surface area (Å²) in [6.45, 7) is 3.55. The average Bonchev–Trinajstić information content (AvgIpc) is 2.11. The van der Waals surface area contributed by atoms with Crippen molar-refractivity contribution >= 4 is 0 Å². The summed E-state index contributed by atoms with van der Waals surface area (Å²) in [6.07, 6.45) is 0.112. The van der Waals surface area contributed by atoms with Gasteiger partial charge in [0.25, 0.3) is 0 Å². The lowest BCUT2D eigenvalue weighted by atomic mass is 10.0. The first kappa shape index (κ1) is 9.40. The third kappa shape index (κ3) is 1.57. The number of aromatic hydroxyl groups is 2. The number of nitrogens with zero attached hydrogens (tertiary/aromatic N) is 1. The van der Waals surface area contributed by atoms with Gasteiger partial charge in [-0.25, -0.2) is 0 Å². The van der Waals surface area contributed by atoms with E-state index in [1.807, 2.05) is 13.0 Å². The van der Waals surface area contributed by atoms with Crippen molar-refractivity contribution in [3.8, 4) is 17.6 Å². The first-order valence-electron chi connectivity index (χ1n) is 3.96. The van der Waals surface area contributed by atoms with Gasteiger partial charge in [0.2, 0.25) is 0 Å². The zero-order chi connectivity index (χ0) is 10.0. The Morgan fingerprint density at radius 2 is 1.92 bits per heavy atom. The smallest absolute Gasteiger partial charge is 0.162 e. The van der Waals surface area contributed by atoms with E-state index in [0.717, 1.165) is 5.56 Å². The number of benzene rings is 1. The quantitative estimate of drug-likeness (QED) is 0.642. The largest absolute Gasteiger partial charge is 0.504 e. The van der Waals surface area contributed by atoms with Crippen LogP contribution in [0, 0.1) is 25.2 Å². The van der Waals surface area contributed by atoms with E-state index < -0.39 is 0 Å². The molecule has 1 rings (SSSR count). The third-order valence-electron chi connectivity index (χ3n) is 2.14. The Morgan fingerprint density at radius 1 is 1.31 bits per heavy atom. The predicted molar refractivity (Wildman–Crippen MR) is 48.6 cm³/mol. The minimum Gasteiger partial charge on any atom is -0.504 e. The number of rotatable bonds is 1. The lowest BCUT2D eigenvalue weighted by Gasteiger charge is -2.08. The number of phenols is 2. The third-order valence-corrected chi connectivity index (χ3v) is 2.14. The Bertz CT molecular complexity index is 377. The summed E-state index contributed by atoms with van der Waals surface area (Å²) in [7, 11) is 0. The Kier molecular flexibility index (Phi) is 2.43. The Hall–Kier alpha value is -1.69. The molecule has 0 saturated carbocycles. The standard InChI is InChI=1S/C10H11NO2/c1-6-5-8(3-4-11)10(13)9(12)7(6)2/h5,12-13H,3H2,1-2H3. The van der Waals surface area contributed by atoms with Crippen molar-refractivity contribution in [2.75, 3.05) is 0 Å². The monoisotopic (exact) mass is 177 g/mol. The highest BCUT2D eigenvalue weighted by Crippen LogP contribution is 2.34. The molecular weight excluding hydrogens is 166 g/mol. The van der Waals surface area contributed by atoms with E-state index in [2.05, 4.69) is 0 Å². The number of aryl methyl sites for hydroxylation is 1. The molecule has 0 saturated heterocycles. The summed E-state index contributed by atoms with van der Waals surface area (Å²) in [5.41, 5.74) is 2.00. The average molecular weight is 177 g/mol. The molecule has 0 amide bonds. The van der Waals surface area contributed by atoms with Gasteiger partial charge in [-0.3, -0.25) is 0 Å². The molecule has 0 aliphatic rings. The summed E-state index contributed by atoms with van der Waals surface area (Å²) in [4.78, 5) is 0. The van der Waals surface area contributed by atoms with Crippen molar-refractivity contribution < 1.29 is 10.2 Å². The first-order valence-corrected chi connectivity index (χ1v) is 3.96. The van der Waals surface area contributed by atoms with Gasteiger partial charge in [0.15, 0.2) is 11.5 Å². The molecule has 0 aromatic heterocycles. The van der Waals surface area contributed by atoms with Gasteiger partial charge in [0, 0.05) is 5.56 Å². The molecule has 1 aromatic carbocycles. The Balaban J connectivity index is 3.34. The van der Waals surface area contributed by atoms with Gasteiger partial charge < -0.3 is 10.2 Å². The van der Waals surface area contributed by atoms with Crippen LogP contribution in [0.25, 0.3) is 0 Å². The second-order valence-electron chi connectivity index (χ2n) is 3.01. The fourth-order valence-electron chi connectivity index (χ4n) is 1.17. The molecule has 0 unspecified atom stereocenters. The molecule has 13 heavy (non-hydrogen) atoms. The van der Waals surface area contributed by atoms with Gasteiger partial charge in [-0.1, -0.05) is 6.07 Å². The van der Waals surface area contributed by atoms with Crippen LogP contribution in [0.2, 0.25) is 0 Å². The van der Waals surface area contributed by atoms with Gasteiger partial charge in [0.05, 0.1) is 12.5 Å². The van der Waals surface area contributed by atoms with E-state index in [1.54, 1.807) is 13.0 Å². The summed E-state index contributed by atoms with van der Waals surface area (Å²) in [6, 6.07) is 3.64. The molecule has 0 fully saturated rings. The fourth-order valence-corrected chi connectivity index (χ4v) is 1.17. The van der Waals surface area contributed by atoms with Crippen molar-refractivity contribution in [3.63, 3.8) is 0 Å². The van der Waals surface area contributed by atoms with Crippen LogP contribution >= 0.6 is 0 Å². The van der Waals surface area contributed by atoms with Gasteiger partial charge in [-0.2, -0.15) is 5.26 Å². The summed E-state index contributed by atoms with van der Waals surface area (Å²) in [5.74, 6) is -0.296. The zero-order valence-corrected chi connectivity index (χ0v) is 7.63. The molecule has 68 valence electrons. The second kappa shape index (κ2) is 3.36. The van der Waals surface area contributed by atoms with Crippen LogP contribution in [-0.2, 0) is 6.42 Å². The van der Waals surface area contributed by atoms with Gasteiger partial charge in [0.1, 0.15) is 0 Å². The maximum absolute atomic E-state index is 9.44. The van der Waals surface area contributed by atoms with E-state index in [9.17, 15) is 10.2 Å². The van der Waals surface area contributed by atoms with Crippen molar-refractivity contribution in [3.05, 3.63) is 22.8 Å². The highest BCUT2D eigenvalue weighted by molar-refractivity contribution is 5.53. The summed E-state index contributed by atoms with van der Waals surface area (Å²) >= 11 is 0. The number of hydrogen-bond donors (Lipinski definition) is 2. The van der Waals surface area contributed by atoms with E-state index >= 15 is 0 Å². The lowest BCUT2D eigenvalue weighted by Crippen LogP contribution is -1.89. The van der Waals surface area contributed by atoms with E-state index in [4.69, 9.17) is 5.26 Å². The van der Waals surface area contributed by atoms with Crippen LogP contribution in [0.1, 0.15) is 16.7 Å². The molecular formula is C10H11NO2. The van der Waals surface area contributed by atoms with Crippen molar-refractivity contribution in [1.29, 1.82) is 5.26 Å². The van der Waals surface area contributed by atoms with Crippen LogP contribution in [0.5, 0.6) is 11.5 Å². The lowest BCUT2D eigenvalue weighted by molar-refractivity contribution is 0.397. The molecule has 1 aromatic rings. The Labute approximate surface area is 76.9 Å². The second-order valence-corrected chi connectivity index (χ2v) is 3.01. The van der Waals surface area contributed by atoms with Crippen LogP contribution < -0.4 is 0 Å². The fraction of sp³-hybridized carbons (Fsp3) is 0.300. The van der Waals surface area contributed by atoms with E-state index in [-0.39, 0.29) is 17.9 Å². The summed E-state index contributed by atoms with van der Waals surface area (Å²) in [5, 5.41) is 27.3. The first-order chi connectivity index (χ1) is 6.07. The molecule has 2 N–H and O–H groups in total. The van der Waals surface area contributed by atoms with Crippen molar-refractivity contribution in [1.82, 2.24) is 0 Å². The molecule has 0 atom stereocenters. The van der Waals surface area contributed by atoms with Crippen molar-refractivity contribution in [2.45, 2.75) is 20.3 Å². The van der Waals surface area contributed by atoms with Gasteiger partial charge in [-0.15, -0.1) is 0 Å². The van der Waals surface area contributed by atoms with Crippen LogP contribution in [0.3, 0.4) is 0 Å². The van der Waals surface area contributed by atoms with E-state index in [1.165, 1.54) is 0 Å². The Morgan fingerprint density at radius 3 is 2.46 bits per heavy atom. The van der Waals surface area contributed by atoms with Crippen LogP contribution in [0.15, 0.2) is 6.07 Å². The van der Waals surface area contributed by atoms with Crippen LogP contribution in [-0.4, -0.2) is 10.2 Å². The molecule has 0 spiro atoms. The SMILES string of the molecule is Cc1cc(CC#N)c(O)c(O)c1C. The molecule has 0 aliphatic heterocycles. The number of phenolic OH excluding ortho intramolecular Hbond substituents is 2.